The minimum absolute atomic E-state index is 0.388. The zero-order chi connectivity index (χ0) is 11.0. The number of hydrogen-bond donors (Lipinski definition) is 0. The summed E-state index contributed by atoms with van der Waals surface area (Å²) in [6, 6.07) is 7.40. The number of nitrogens with zero attached hydrogens (tertiary/aromatic N) is 4. The summed E-state index contributed by atoms with van der Waals surface area (Å²) in [6.07, 6.45) is 6.47. The minimum atomic E-state index is 0.388. The van der Waals surface area contributed by atoms with Crippen molar-refractivity contribution in [2.45, 2.75) is 0 Å². The van der Waals surface area contributed by atoms with Gasteiger partial charge in [-0.05, 0) is 24.3 Å². The second kappa shape index (κ2) is 3.57. The van der Waals surface area contributed by atoms with E-state index in [1.807, 2.05) is 28.8 Å². The molecule has 77 valence electrons. The first-order valence-corrected chi connectivity index (χ1v) is 5.05. The SMILES string of the molecule is Clc1ccc(-c2ccn3[c]cnc3c2)nn1. The van der Waals surface area contributed by atoms with Gasteiger partial charge in [-0.15, -0.1) is 10.2 Å². The van der Waals surface area contributed by atoms with Crippen LogP contribution in [-0.4, -0.2) is 19.6 Å². The van der Waals surface area contributed by atoms with Crippen molar-refractivity contribution < 1.29 is 0 Å². The number of rotatable bonds is 1. The zero-order valence-corrected chi connectivity index (χ0v) is 8.89. The molecule has 0 saturated carbocycles. The van der Waals surface area contributed by atoms with Crippen LogP contribution in [0, 0.1) is 6.20 Å². The Balaban J connectivity index is 2.14. The van der Waals surface area contributed by atoms with Crippen LogP contribution in [-0.2, 0) is 0 Å². The van der Waals surface area contributed by atoms with Gasteiger partial charge in [-0.1, -0.05) is 11.6 Å². The first-order chi connectivity index (χ1) is 7.83. The van der Waals surface area contributed by atoms with Crippen molar-refractivity contribution in [1.29, 1.82) is 0 Å². The molecule has 5 heteroatoms. The highest BCUT2D eigenvalue weighted by Crippen LogP contribution is 2.18. The van der Waals surface area contributed by atoms with Gasteiger partial charge in [-0.25, -0.2) is 4.98 Å². The summed E-state index contributed by atoms with van der Waals surface area (Å²) >= 11 is 5.68. The number of fused-ring (bicyclic) bond motifs is 1. The molecule has 0 atom stereocenters. The molecular weight excluding hydrogens is 224 g/mol. The number of aromatic nitrogens is 4. The molecule has 0 amide bonds. The van der Waals surface area contributed by atoms with Crippen molar-refractivity contribution in [1.82, 2.24) is 19.6 Å². The highest BCUT2D eigenvalue weighted by molar-refractivity contribution is 6.29. The molecule has 0 fully saturated rings. The highest BCUT2D eigenvalue weighted by atomic mass is 35.5. The Hall–Kier alpha value is -1.94. The molecule has 16 heavy (non-hydrogen) atoms. The van der Waals surface area contributed by atoms with Crippen molar-refractivity contribution in [2.24, 2.45) is 0 Å². The standard InChI is InChI=1S/C11H6ClN4/c12-10-2-1-9(14-15-10)8-3-5-16-6-4-13-11(16)7-8/h1-5,7H. The third-order valence-electron chi connectivity index (χ3n) is 2.26. The smallest absolute Gasteiger partial charge is 0.151 e. The molecule has 1 radical (unpaired) electrons. The van der Waals surface area contributed by atoms with Gasteiger partial charge in [0, 0.05) is 11.8 Å². The Kier molecular flexibility index (Phi) is 2.08. The van der Waals surface area contributed by atoms with Gasteiger partial charge in [0.1, 0.15) is 5.65 Å². The number of pyridine rings is 1. The van der Waals surface area contributed by atoms with E-state index in [1.165, 1.54) is 0 Å². The third-order valence-corrected chi connectivity index (χ3v) is 2.46. The molecule has 0 aromatic carbocycles. The van der Waals surface area contributed by atoms with E-state index >= 15 is 0 Å². The molecule has 3 heterocycles. The molecule has 0 aliphatic heterocycles. The second-order valence-electron chi connectivity index (χ2n) is 3.27. The summed E-state index contributed by atoms with van der Waals surface area (Å²) in [5.41, 5.74) is 2.56. The van der Waals surface area contributed by atoms with E-state index in [4.69, 9.17) is 11.6 Å². The van der Waals surface area contributed by atoms with Crippen molar-refractivity contribution in [3.05, 3.63) is 48.0 Å². The molecule has 0 N–H and O–H groups in total. The van der Waals surface area contributed by atoms with Crippen LogP contribution >= 0.6 is 11.6 Å². The van der Waals surface area contributed by atoms with Crippen LogP contribution in [0.25, 0.3) is 16.9 Å². The molecule has 4 nitrogen and oxygen atoms in total. The van der Waals surface area contributed by atoms with E-state index < -0.39 is 0 Å². The monoisotopic (exact) mass is 229 g/mol. The molecule has 0 bridgehead atoms. The van der Waals surface area contributed by atoms with E-state index in [2.05, 4.69) is 21.4 Å². The van der Waals surface area contributed by atoms with Crippen LogP contribution in [0.1, 0.15) is 0 Å². The summed E-state index contributed by atoms with van der Waals surface area (Å²) < 4.78 is 1.81. The van der Waals surface area contributed by atoms with Crippen LogP contribution in [0.5, 0.6) is 0 Å². The third kappa shape index (κ3) is 1.53. The van der Waals surface area contributed by atoms with Gasteiger partial charge in [0.2, 0.25) is 0 Å². The normalized spacial score (nSPS) is 10.8. The Bertz CT molecular complexity index is 630. The summed E-state index contributed by atoms with van der Waals surface area (Å²) in [5.74, 6) is 0. The lowest BCUT2D eigenvalue weighted by Gasteiger charge is -2.00. The van der Waals surface area contributed by atoms with Gasteiger partial charge < -0.3 is 0 Å². The lowest BCUT2D eigenvalue weighted by Crippen LogP contribution is -1.89. The van der Waals surface area contributed by atoms with Crippen LogP contribution in [0.4, 0.5) is 0 Å². The quantitative estimate of drug-likeness (QED) is 0.643. The fourth-order valence-electron chi connectivity index (χ4n) is 1.48. The van der Waals surface area contributed by atoms with Crippen molar-refractivity contribution in [2.75, 3.05) is 0 Å². The first-order valence-electron chi connectivity index (χ1n) is 4.67. The molecule has 3 aromatic heterocycles. The van der Waals surface area contributed by atoms with Gasteiger partial charge >= 0.3 is 0 Å². The molecule has 0 saturated heterocycles. The summed E-state index contributed by atoms with van der Waals surface area (Å²) in [7, 11) is 0. The Morgan fingerprint density at radius 1 is 1.19 bits per heavy atom. The molecule has 0 aliphatic rings. The van der Waals surface area contributed by atoms with E-state index in [9.17, 15) is 0 Å². The van der Waals surface area contributed by atoms with Gasteiger partial charge in [0.25, 0.3) is 0 Å². The largest absolute Gasteiger partial charge is 0.298 e. The maximum atomic E-state index is 5.68. The number of imidazole rings is 1. The fraction of sp³-hybridized carbons (Fsp3) is 0. The zero-order valence-electron chi connectivity index (χ0n) is 8.13. The van der Waals surface area contributed by atoms with Crippen LogP contribution in [0.15, 0.2) is 36.7 Å². The second-order valence-corrected chi connectivity index (χ2v) is 3.66. The predicted octanol–water partition coefficient (Wildman–Crippen LogP) is 2.24. The Morgan fingerprint density at radius 2 is 2.12 bits per heavy atom. The Labute approximate surface area is 96.5 Å². The van der Waals surface area contributed by atoms with Crippen LogP contribution in [0.3, 0.4) is 0 Å². The fourth-order valence-corrected chi connectivity index (χ4v) is 1.58. The molecular formula is C11H6ClN4. The average molecular weight is 230 g/mol. The summed E-state index contributed by atoms with van der Waals surface area (Å²) in [4.78, 5) is 4.16. The number of halogens is 1. The summed E-state index contributed by atoms with van der Waals surface area (Å²) in [5, 5.41) is 8.20. The van der Waals surface area contributed by atoms with Gasteiger partial charge in [-0.2, -0.15) is 0 Å². The molecule has 0 spiro atoms. The average Bonchev–Trinajstić information content (AvgIpc) is 2.77. The maximum absolute atomic E-state index is 5.68. The van der Waals surface area contributed by atoms with Crippen molar-refractivity contribution in [3.63, 3.8) is 0 Å². The number of hydrogen-bond acceptors (Lipinski definition) is 3. The molecule has 3 rings (SSSR count). The topological polar surface area (TPSA) is 43.1 Å². The predicted molar refractivity (Wildman–Crippen MR) is 60.1 cm³/mol. The maximum Gasteiger partial charge on any atom is 0.151 e. The van der Waals surface area contributed by atoms with Gasteiger partial charge in [0.05, 0.1) is 18.1 Å². The van der Waals surface area contributed by atoms with Gasteiger partial charge in [0.15, 0.2) is 5.15 Å². The Morgan fingerprint density at radius 3 is 2.94 bits per heavy atom. The van der Waals surface area contributed by atoms with E-state index in [-0.39, 0.29) is 0 Å². The van der Waals surface area contributed by atoms with Crippen molar-refractivity contribution >= 4 is 17.2 Å². The van der Waals surface area contributed by atoms with Gasteiger partial charge in [-0.3, -0.25) is 4.40 Å². The minimum Gasteiger partial charge on any atom is -0.298 e. The van der Waals surface area contributed by atoms with Crippen LogP contribution < -0.4 is 0 Å². The van der Waals surface area contributed by atoms with E-state index in [0.717, 1.165) is 16.9 Å². The molecule has 3 aromatic rings. The van der Waals surface area contributed by atoms with Crippen LogP contribution in [0.2, 0.25) is 5.15 Å². The summed E-state index contributed by atoms with van der Waals surface area (Å²) in [6.45, 7) is 0. The molecule has 0 unspecified atom stereocenters. The lowest BCUT2D eigenvalue weighted by molar-refractivity contribution is 1.04. The first kappa shape index (κ1) is 9.30. The highest BCUT2D eigenvalue weighted by Gasteiger charge is 2.02. The lowest BCUT2D eigenvalue weighted by atomic mass is 10.2. The van der Waals surface area contributed by atoms with E-state index in [1.54, 1.807) is 12.3 Å². The van der Waals surface area contributed by atoms with Crippen molar-refractivity contribution in [3.8, 4) is 11.3 Å². The van der Waals surface area contributed by atoms with E-state index in [0.29, 0.717) is 5.15 Å². The molecule has 0 aliphatic carbocycles.